The Morgan fingerprint density at radius 2 is 2.47 bits per heavy atom. The number of aromatic nitrogens is 1. The summed E-state index contributed by atoms with van der Waals surface area (Å²) in [5, 5.41) is 23.2. The van der Waals surface area contributed by atoms with Gasteiger partial charge in [0.25, 0.3) is 5.91 Å². The van der Waals surface area contributed by atoms with E-state index in [0.29, 0.717) is 13.0 Å². The summed E-state index contributed by atoms with van der Waals surface area (Å²) in [4.78, 5) is 24.0. The maximum Gasteiger partial charge on any atom is 0.321 e. The lowest BCUT2D eigenvalue weighted by Crippen LogP contribution is -2.47. The molecule has 0 aliphatic carbocycles. The summed E-state index contributed by atoms with van der Waals surface area (Å²) in [5.74, 6) is -0.748. The van der Waals surface area contributed by atoms with Crippen LogP contribution in [0.15, 0.2) is 12.1 Å². The average Bonchev–Trinajstić information content (AvgIpc) is 2.96. The molecule has 1 aliphatic rings. The van der Waals surface area contributed by atoms with E-state index in [4.69, 9.17) is 4.74 Å². The highest BCUT2D eigenvalue weighted by Crippen LogP contribution is 2.24. The number of amides is 1. The fraction of sp³-hybridized carbons (Fsp3) is 0.545. The van der Waals surface area contributed by atoms with Crippen molar-refractivity contribution in [1.29, 1.82) is 0 Å². The van der Waals surface area contributed by atoms with E-state index >= 15 is 0 Å². The van der Waals surface area contributed by atoms with Gasteiger partial charge >= 0.3 is 5.82 Å². The molecular weight excluding hydrogens is 254 g/mol. The van der Waals surface area contributed by atoms with Crippen molar-refractivity contribution >= 4 is 11.7 Å². The SMILES string of the molecule is CC1OCCC1(O)CNC(=O)c1ccc([N+](=O)[O-])[nH]1. The number of hydrogen-bond acceptors (Lipinski definition) is 5. The van der Waals surface area contributed by atoms with Gasteiger partial charge in [0, 0.05) is 25.6 Å². The van der Waals surface area contributed by atoms with Crippen molar-refractivity contribution in [2.24, 2.45) is 0 Å². The van der Waals surface area contributed by atoms with Crippen molar-refractivity contribution in [1.82, 2.24) is 10.3 Å². The van der Waals surface area contributed by atoms with Gasteiger partial charge in [0.15, 0.2) is 5.69 Å². The van der Waals surface area contributed by atoms with Crippen molar-refractivity contribution < 1.29 is 19.6 Å². The van der Waals surface area contributed by atoms with E-state index in [9.17, 15) is 20.0 Å². The van der Waals surface area contributed by atoms with E-state index in [0.717, 1.165) is 0 Å². The van der Waals surface area contributed by atoms with E-state index in [1.807, 2.05) is 0 Å². The maximum absolute atomic E-state index is 11.8. The monoisotopic (exact) mass is 269 g/mol. The lowest BCUT2D eigenvalue weighted by molar-refractivity contribution is -0.389. The molecule has 1 aliphatic heterocycles. The number of aromatic amines is 1. The number of nitro groups is 1. The predicted molar refractivity (Wildman–Crippen MR) is 64.8 cm³/mol. The predicted octanol–water partition coefficient (Wildman–Crippen LogP) is 0.193. The smallest absolute Gasteiger partial charge is 0.321 e. The van der Waals surface area contributed by atoms with Crippen molar-refractivity contribution in [3.05, 3.63) is 27.9 Å². The largest absolute Gasteiger partial charge is 0.385 e. The first-order chi connectivity index (χ1) is 8.92. The molecule has 2 rings (SSSR count). The number of carbonyl (C=O) groups excluding carboxylic acids is 1. The van der Waals surface area contributed by atoms with Crippen LogP contribution in [0, 0.1) is 10.1 Å². The van der Waals surface area contributed by atoms with Gasteiger partial charge in [-0.3, -0.25) is 4.79 Å². The lowest BCUT2D eigenvalue weighted by atomic mass is 9.97. The van der Waals surface area contributed by atoms with Crippen molar-refractivity contribution in [2.45, 2.75) is 25.0 Å². The maximum atomic E-state index is 11.8. The standard InChI is InChI=1S/C11H15N3O5/c1-7-11(16,4-5-19-7)6-12-10(15)8-2-3-9(13-8)14(17)18/h2-3,7,13,16H,4-6H2,1H3,(H,12,15). The van der Waals surface area contributed by atoms with Crippen LogP contribution in [-0.4, -0.2) is 45.8 Å². The molecule has 19 heavy (non-hydrogen) atoms. The molecule has 0 aromatic carbocycles. The molecule has 2 unspecified atom stereocenters. The second-order valence-corrected chi connectivity index (χ2v) is 4.56. The van der Waals surface area contributed by atoms with Gasteiger partial charge in [-0.15, -0.1) is 0 Å². The fourth-order valence-electron chi connectivity index (χ4n) is 1.95. The molecule has 0 saturated carbocycles. The Labute approximate surface area is 108 Å². The molecule has 104 valence electrons. The fourth-order valence-corrected chi connectivity index (χ4v) is 1.95. The Morgan fingerprint density at radius 3 is 3.00 bits per heavy atom. The first kappa shape index (κ1) is 13.5. The zero-order valence-electron chi connectivity index (χ0n) is 10.4. The second-order valence-electron chi connectivity index (χ2n) is 4.56. The van der Waals surface area contributed by atoms with Crippen LogP contribution in [0.3, 0.4) is 0 Å². The third kappa shape index (κ3) is 2.74. The molecule has 1 aromatic rings. The third-order valence-corrected chi connectivity index (χ3v) is 3.33. The number of aliphatic hydroxyl groups is 1. The summed E-state index contributed by atoms with van der Waals surface area (Å²) in [6, 6.07) is 2.54. The van der Waals surface area contributed by atoms with Crippen LogP contribution in [0.2, 0.25) is 0 Å². The highest BCUT2D eigenvalue weighted by atomic mass is 16.6. The van der Waals surface area contributed by atoms with Crippen LogP contribution >= 0.6 is 0 Å². The van der Waals surface area contributed by atoms with Gasteiger partial charge in [-0.2, -0.15) is 0 Å². The Morgan fingerprint density at radius 1 is 1.74 bits per heavy atom. The molecular formula is C11H15N3O5. The minimum Gasteiger partial charge on any atom is -0.385 e. The van der Waals surface area contributed by atoms with Crippen molar-refractivity contribution in [2.75, 3.05) is 13.2 Å². The molecule has 0 spiro atoms. The van der Waals surface area contributed by atoms with Crippen LogP contribution in [0.1, 0.15) is 23.8 Å². The molecule has 1 amide bonds. The first-order valence-corrected chi connectivity index (χ1v) is 5.88. The van der Waals surface area contributed by atoms with Crippen LogP contribution < -0.4 is 5.32 Å². The van der Waals surface area contributed by atoms with Gasteiger partial charge in [0.05, 0.1) is 6.10 Å². The van der Waals surface area contributed by atoms with Gasteiger partial charge in [0.1, 0.15) is 5.60 Å². The number of hydrogen-bond donors (Lipinski definition) is 3. The van der Waals surface area contributed by atoms with Crippen molar-refractivity contribution in [3.8, 4) is 0 Å². The summed E-state index contributed by atoms with van der Waals surface area (Å²) in [6.45, 7) is 2.22. The summed E-state index contributed by atoms with van der Waals surface area (Å²) in [5.41, 5.74) is -1.00. The summed E-state index contributed by atoms with van der Waals surface area (Å²) >= 11 is 0. The zero-order valence-corrected chi connectivity index (χ0v) is 10.4. The zero-order chi connectivity index (χ0) is 14.0. The first-order valence-electron chi connectivity index (χ1n) is 5.88. The number of nitrogens with zero attached hydrogens (tertiary/aromatic N) is 1. The molecule has 0 radical (unpaired) electrons. The topological polar surface area (TPSA) is 117 Å². The number of H-pyrrole nitrogens is 1. The molecule has 0 bridgehead atoms. The van der Waals surface area contributed by atoms with Gasteiger partial charge in [-0.1, -0.05) is 0 Å². The van der Waals surface area contributed by atoms with Crippen LogP contribution in [-0.2, 0) is 4.74 Å². The Hall–Kier alpha value is -1.93. The minimum atomic E-state index is -1.09. The minimum absolute atomic E-state index is 0.0415. The van der Waals surface area contributed by atoms with Crippen LogP contribution in [0.25, 0.3) is 0 Å². The Balaban J connectivity index is 1.95. The molecule has 8 heteroatoms. The van der Waals surface area contributed by atoms with Gasteiger partial charge in [-0.05, 0) is 17.9 Å². The van der Waals surface area contributed by atoms with E-state index in [1.54, 1.807) is 6.92 Å². The van der Waals surface area contributed by atoms with E-state index in [2.05, 4.69) is 10.3 Å². The van der Waals surface area contributed by atoms with E-state index in [1.165, 1.54) is 12.1 Å². The molecule has 1 saturated heterocycles. The van der Waals surface area contributed by atoms with Gasteiger partial charge in [0.2, 0.25) is 0 Å². The summed E-state index contributed by atoms with van der Waals surface area (Å²) in [7, 11) is 0. The van der Waals surface area contributed by atoms with E-state index < -0.39 is 16.4 Å². The highest BCUT2D eigenvalue weighted by Gasteiger charge is 2.39. The number of ether oxygens (including phenoxy) is 1. The molecule has 1 fully saturated rings. The molecule has 1 aromatic heterocycles. The van der Waals surface area contributed by atoms with Gasteiger partial charge < -0.3 is 25.3 Å². The van der Waals surface area contributed by atoms with Crippen LogP contribution in [0.4, 0.5) is 5.82 Å². The normalized spacial score (nSPS) is 26.3. The lowest BCUT2D eigenvalue weighted by Gasteiger charge is -2.25. The van der Waals surface area contributed by atoms with Crippen LogP contribution in [0.5, 0.6) is 0 Å². The summed E-state index contributed by atoms with van der Waals surface area (Å²) < 4.78 is 5.24. The second kappa shape index (κ2) is 4.98. The average molecular weight is 269 g/mol. The van der Waals surface area contributed by atoms with E-state index in [-0.39, 0.29) is 24.2 Å². The number of carbonyl (C=O) groups is 1. The Bertz CT molecular complexity index is 500. The highest BCUT2D eigenvalue weighted by molar-refractivity contribution is 5.92. The molecule has 2 heterocycles. The number of rotatable bonds is 4. The molecule has 2 atom stereocenters. The van der Waals surface area contributed by atoms with Crippen molar-refractivity contribution in [3.63, 3.8) is 0 Å². The Kier molecular flexibility index (Phi) is 3.54. The third-order valence-electron chi connectivity index (χ3n) is 3.33. The number of nitrogens with one attached hydrogen (secondary N) is 2. The quantitative estimate of drug-likeness (QED) is 0.533. The van der Waals surface area contributed by atoms with Gasteiger partial charge in [-0.25, -0.2) is 4.98 Å². The molecule has 8 nitrogen and oxygen atoms in total. The molecule has 3 N–H and O–H groups in total. The summed E-state index contributed by atoms with van der Waals surface area (Å²) in [6.07, 6.45) is 0.0880.